The number of amides is 1. The third kappa shape index (κ3) is 4.59. The Kier molecular flexibility index (Phi) is 5.52. The molecule has 0 heterocycles. The van der Waals surface area contributed by atoms with Crippen molar-refractivity contribution in [3.05, 3.63) is 0 Å². The van der Waals surface area contributed by atoms with Gasteiger partial charge < -0.3 is 11.1 Å². The van der Waals surface area contributed by atoms with Crippen molar-refractivity contribution in [3.63, 3.8) is 0 Å². The maximum atomic E-state index is 13.0. The zero-order chi connectivity index (χ0) is 15.5. The molecule has 0 saturated heterocycles. The first-order valence-electron chi connectivity index (χ1n) is 7.97. The predicted molar refractivity (Wildman–Crippen MR) is 74.4 cm³/mol. The largest absolute Gasteiger partial charge is 0.392 e. The molecule has 6 heteroatoms. The van der Waals surface area contributed by atoms with Crippen molar-refractivity contribution in [1.82, 2.24) is 5.32 Å². The van der Waals surface area contributed by atoms with Crippen LogP contribution in [0.4, 0.5) is 13.2 Å². The van der Waals surface area contributed by atoms with Crippen LogP contribution in [-0.4, -0.2) is 24.7 Å². The highest BCUT2D eigenvalue weighted by atomic mass is 19.4. The molecule has 2 fully saturated rings. The van der Waals surface area contributed by atoms with Crippen LogP contribution in [0.15, 0.2) is 0 Å². The number of halogens is 3. The average Bonchev–Trinajstić information content (AvgIpc) is 2.81. The molecule has 2 aliphatic rings. The predicted octanol–water partition coefficient (Wildman–Crippen LogP) is 2.99. The van der Waals surface area contributed by atoms with Crippen LogP contribution in [0.1, 0.15) is 51.4 Å². The van der Waals surface area contributed by atoms with Crippen LogP contribution in [0.5, 0.6) is 0 Å². The Balaban J connectivity index is 1.79. The SMILES string of the molecule is N[C@@H]1CCC[C@H]1CC(=O)NCC1CCCCC1C(F)(F)F. The van der Waals surface area contributed by atoms with Crippen molar-refractivity contribution < 1.29 is 18.0 Å². The van der Waals surface area contributed by atoms with Gasteiger partial charge in [0.25, 0.3) is 0 Å². The summed E-state index contributed by atoms with van der Waals surface area (Å²) in [4.78, 5) is 11.9. The van der Waals surface area contributed by atoms with Gasteiger partial charge in [-0.2, -0.15) is 13.2 Å². The van der Waals surface area contributed by atoms with E-state index in [1.54, 1.807) is 0 Å². The standard InChI is InChI=1S/C15H25F3N2O/c16-15(17,18)12-6-2-1-4-11(12)9-20-14(21)8-10-5-3-7-13(10)19/h10-13H,1-9,19H2,(H,20,21)/t10-,11?,12?,13+/m0/s1. The van der Waals surface area contributed by atoms with Crippen molar-refractivity contribution in [2.75, 3.05) is 6.54 Å². The maximum absolute atomic E-state index is 13.0. The summed E-state index contributed by atoms with van der Waals surface area (Å²) in [5, 5.41) is 2.71. The number of rotatable bonds is 4. The third-order valence-corrected chi connectivity index (χ3v) is 5.06. The van der Waals surface area contributed by atoms with E-state index in [1.807, 2.05) is 0 Å². The first kappa shape index (κ1) is 16.6. The lowest BCUT2D eigenvalue weighted by Crippen LogP contribution is -2.41. The Morgan fingerprint density at radius 2 is 1.71 bits per heavy atom. The Morgan fingerprint density at radius 3 is 2.33 bits per heavy atom. The van der Waals surface area contributed by atoms with E-state index in [2.05, 4.69) is 5.32 Å². The van der Waals surface area contributed by atoms with Crippen molar-refractivity contribution in [2.24, 2.45) is 23.5 Å². The Bertz CT molecular complexity index is 359. The highest BCUT2D eigenvalue weighted by Crippen LogP contribution is 2.41. The van der Waals surface area contributed by atoms with Gasteiger partial charge in [-0.1, -0.05) is 19.3 Å². The summed E-state index contributed by atoms with van der Waals surface area (Å²) in [7, 11) is 0. The first-order chi connectivity index (χ1) is 9.88. The summed E-state index contributed by atoms with van der Waals surface area (Å²) in [6.45, 7) is 0.144. The molecule has 0 radical (unpaired) electrons. The fraction of sp³-hybridized carbons (Fsp3) is 0.933. The Morgan fingerprint density at radius 1 is 1.05 bits per heavy atom. The second-order valence-electron chi connectivity index (χ2n) is 6.56. The van der Waals surface area contributed by atoms with Gasteiger partial charge in [-0.15, -0.1) is 0 Å². The molecule has 3 nitrogen and oxygen atoms in total. The molecule has 2 unspecified atom stereocenters. The smallest absolute Gasteiger partial charge is 0.356 e. The molecular formula is C15H25F3N2O. The molecule has 2 rings (SSSR count). The van der Waals surface area contributed by atoms with Crippen molar-refractivity contribution in [1.29, 1.82) is 0 Å². The molecule has 0 bridgehead atoms. The molecule has 21 heavy (non-hydrogen) atoms. The molecule has 122 valence electrons. The zero-order valence-electron chi connectivity index (χ0n) is 12.3. The van der Waals surface area contributed by atoms with Gasteiger partial charge in [-0.25, -0.2) is 0 Å². The molecular weight excluding hydrogens is 281 g/mol. The highest BCUT2D eigenvalue weighted by Gasteiger charge is 2.45. The second kappa shape index (κ2) is 6.99. The number of nitrogens with one attached hydrogen (secondary N) is 1. The van der Waals surface area contributed by atoms with Crippen LogP contribution in [0.3, 0.4) is 0 Å². The van der Waals surface area contributed by atoms with E-state index in [9.17, 15) is 18.0 Å². The Labute approximate surface area is 123 Å². The molecule has 4 atom stereocenters. The maximum Gasteiger partial charge on any atom is 0.392 e. The molecule has 2 aliphatic carbocycles. The van der Waals surface area contributed by atoms with Gasteiger partial charge in [-0.3, -0.25) is 4.79 Å². The van der Waals surface area contributed by atoms with Crippen LogP contribution in [0, 0.1) is 17.8 Å². The average molecular weight is 306 g/mol. The van der Waals surface area contributed by atoms with E-state index in [-0.39, 0.29) is 30.8 Å². The minimum atomic E-state index is -4.15. The fourth-order valence-corrected chi connectivity index (χ4v) is 3.76. The molecule has 0 aromatic heterocycles. The first-order valence-corrected chi connectivity index (χ1v) is 7.97. The minimum absolute atomic E-state index is 0.0633. The molecule has 2 saturated carbocycles. The molecule has 3 N–H and O–H groups in total. The number of hydrogen-bond acceptors (Lipinski definition) is 2. The van der Waals surface area contributed by atoms with Gasteiger partial charge in [-0.05, 0) is 37.5 Å². The van der Waals surface area contributed by atoms with Gasteiger partial charge in [0.15, 0.2) is 0 Å². The lowest BCUT2D eigenvalue weighted by molar-refractivity contribution is -0.195. The normalized spacial score (nSPS) is 33.9. The van der Waals surface area contributed by atoms with Crippen LogP contribution in [-0.2, 0) is 4.79 Å². The fourth-order valence-electron chi connectivity index (χ4n) is 3.76. The van der Waals surface area contributed by atoms with Gasteiger partial charge in [0, 0.05) is 19.0 Å². The van der Waals surface area contributed by atoms with E-state index in [4.69, 9.17) is 5.73 Å². The van der Waals surface area contributed by atoms with Gasteiger partial charge in [0.1, 0.15) is 0 Å². The summed E-state index contributed by atoms with van der Waals surface area (Å²) in [5.74, 6) is -1.70. The summed E-state index contributed by atoms with van der Waals surface area (Å²) in [6.07, 6.45) is 1.32. The van der Waals surface area contributed by atoms with E-state index in [0.29, 0.717) is 19.3 Å². The van der Waals surface area contributed by atoms with Crippen LogP contribution >= 0.6 is 0 Å². The lowest BCUT2D eigenvalue weighted by atomic mass is 9.78. The van der Waals surface area contributed by atoms with Crippen LogP contribution in [0.25, 0.3) is 0 Å². The molecule has 0 spiro atoms. The van der Waals surface area contributed by atoms with E-state index in [0.717, 1.165) is 25.7 Å². The number of alkyl halides is 3. The number of carbonyl (C=O) groups excluding carboxylic acids is 1. The Hall–Kier alpha value is -0.780. The highest BCUT2D eigenvalue weighted by molar-refractivity contribution is 5.76. The topological polar surface area (TPSA) is 55.1 Å². The monoisotopic (exact) mass is 306 g/mol. The van der Waals surface area contributed by atoms with Crippen molar-refractivity contribution >= 4 is 5.91 Å². The number of nitrogens with two attached hydrogens (primary N) is 1. The van der Waals surface area contributed by atoms with Crippen molar-refractivity contribution in [2.45, 2.75) is 63.6 Å². The van der Waals surface area contributed by atoms with Gasteiger partial charge in [0.2, 0.25) is 5.91 Å². The summed E-state index contributed by atoms with van der Waals surface area (Å²) in [6, 6.07) is 0.0633. The number of carbonyl (C=O) groups is 1. The summed E-state index contributed by atoms with van der Waals surface area (Å²) < 4.78 is 38.9. The van der Waals surface area contributed by atoms with Crippen LogP contribution < -0.4 is 11.1 Å². The summed E-state index contributed by atoms with van der Waals surface area (Å²) in [5.41, 5.74) is 5.92. The van der Waals surface area contributed by atoms with E-state index >= 15 is 0 Å². The van der Waals surface area contributed by atoms with E-state index < -0.39 is 18.0 Å². The van der Waals surface area contributed by atoms with Gasteiger partial charge in [0.05, 0.1) is 5.92 Å². The second-order valence-corrected chi connectivity index (χ2v) is 6.56. The van der Waals surface area contributed by atoms with E-state index in [1.165, 1.54) is 0 Å². The summed E-state index contributed by atoms with van der Waals surface area (Å²) >= 11 is 0. The molecule has 1 amide bonds. The van der Waals surface area contributed by atoms with Crippen molar-refractivity contribution in [3.8, 4) is 0 Å². The zero-order valence-corrected chi connectivity index (χ0v) is 12.3. The molecule has 0 aliphatic heterocycles. The third-order valence-electron chi connectivity index (χ3n) is 5.06. The van der Waals surface area contributed by atoms with Crippen LogP contribution in [0.2, 0.25) is 0 Å². The number of hydrogen-bond donors (Lipinski definition) is 2. The quantitative estimate of drug-likeness (QED) is 0.839. The molecule has 0 aromatic carbocycles. The lowest BCUT2D eigenvalue weighted by Gasteiger charge is -2.33. The minimum Gasteiger partial charge on any atom is -0.356 e. The van der Waals surface area contributed by atoms with Gasteiger partial charge >= 0.3 is 6.18 Å². The molecule has 0 aromatic rings.